The van der Waals surface area contributed by atoms with E-state index in [1.807, 2.05) is 6.92 Å². The predicted octanol–water partition coefficient (Wildman–Crippen LogP) is 0.629. The van der Waals surface area contributed by atoms with Crippen molar-refractivity contribution >= 4 is 29.6 Å². The molecule has 5 nitrogen and oxygen atoms in total. The summed E-state index contributed by atoms with van der Waals surface area (Å²) in [6.45, 7) is 5.48. The zero-order valence-electron chi connectivity index (χ0n) is 7.64. The van der Waals surface area contributed by atoms with Crippen LogP contribution in [0.5, 0.6) is 0 Å². The Morgan fingerprint density at radius 2 is 2.29 bits per heavy atom. The monoisotopic (exact) mass is 188 g/mol. The standard InChI is InChI=1S/C9H8N4O/c1-3-5(2)7-12-8-6(9(14)13-7)10-4-11-8/h3-5H,1H2,2H3/t5-/m0/s1. The minimum Gasteiger partial charge on any atom is -0.265 e. The second-order valence-electron chi connectivity index (χ2n) is 2.96. The molecule has 14 heavy (non-hydrogen) atoms. The summed E-state index contributed by atoms with van der Waals surface area (Å²) >= 11 is 0. The van der Waals surface area contributed by atoms with E-state index in [2.05, 4.69) is 26.5 Å². The molecule has 2 heterocycles. The molecule has 70 valence electrons. The maximum atomic E-state index is 11.4. The Morgan fingerprint density at radius 1 is 1.50 bits per heavy atom. The van der Waals surface area contributed by atoms with Crippen molar-refractivity contribution in [2.24, 2.45) is 25.9 Å². The fraction of sp³-hybridized carbons (Fsp3) is 0.222. The van der Waals surface area contributed by atoms with Crippen molar-refractivity contribution in [2.75, 3.05) is 0 Å². The lowest BCUT2D eigenvalue weighted by Crippen LogP contribution is -2.27. The minimum absolute atomic E-state index is 0.0520. The lowest BCUT2D eigenvalue weighted by Gasteiger charge is -2.09. The van der Waals surface area contributed by atoms with Crippen LogP contribution >= 0.6 is 0 Å². The molecule has 0 spiro atoms. The Bertz CT molecular complexity index is 428. The van der Waals surface area contributed by atoms with E-state index in [1.54, 1.807) is 6.08 Å². The SMILES string of the molecule is C=C[C@H](C)C1=NC(=O)C2=NC=NC2=N1. The van der Waals surface area contributed by atoms with Crippen LogP contribution in [0.15, 0.2) is 32.6 Å². The third-order valence-corrected chi connectivity index (χ3v) is 1.98. The van der Waals surface area contributed by atoms with Crippen LogP contribution in [0, 0.1) is 5.92 Å². The zero-order valence-corrected chi connectivity index (χ0v) is 7.64. The van der Waals surface area contributed by atoms with E-state index in [1.165, 1.54) is 6.34 Å². The van der Waals surface area contributed by atoms with Gasteiger partial charge in [-0.2, -0.15) is 4.99 Å². The topological polar surface area (TPSA) is 66.5 Å². The van der Waals surface area contributed by atoms with E-state index >= 15 is 0 Å². The molecule has 0 fully saturated rings. The molecule has 2 rings (SSSR count). The Hall–Kier alpha value is -1.91. The first-order chi connectivity index (χ1) is 6.72. The summed E-state index contributed by atoms with van der Waals surface area (Å²) < 4.78 is 0. The average molecular weight is 188 g/mol. The van der Waals surface area contributed by atoms with Crippen molar-refractivity contribution < 1.29 is 4.79 Å². The van der Waals surface area contributed by atoms with Gasteiger partial charge in [-0.15, -0.1) is 6.58 Å². The van der Waals surface area contributed by atoms with Crippen LogP contribution in [-0.4, -0.2) is 29.6 Å². The summed E-state index contributed by atoms with van der Waals surface area (Å²) in [6, 6.07) is 0. The molecular weight excluding hydrogens is 180 g/mol. The van der Waals surface area contributed by atoms with Crippen molar-refractivity contribution in [2.45, 2.75) is 6.92 Å². The molecule has 1 atom stereocenters. The molecule has 2 aliphatic heterocycles. The Balaban J connectivity index is 2.40. The highest BCUT2D eigenvalue weighted by atomic mass is 16.1. The van der Waals surface area contributed by atoms with Crippen molar-refractivity contribution in [1.82, 2.24) is 0 Å². The number of nitrogens with zero attached hydrogens (tertiary/aromatic N) is 4. The van der Waals surface area contributed by atoms with Gasteiger partial charge in [-0.1, -0.05) is 13.0 Å². The molecule has 0 bridgehead atoms. The van der Waals surface area contributed by atoms with E-state index in [0.29, 0.717) is 11.7 Å². The molecule has 0 saturated heterocycles. The molecule has 5 heteroatoms. The van der Waals surface area contributed by atoms with Crippen molar-refractivity contribution in [3.8, 4) is 0 Å². The van der Waals surface area contributed by atoms with Gasteiger partial charge < -0.3 is 0 Å². The Labute approximate surface area is 80.7 Å². The number of fused-ring (bicyclic) bond motifs is 1. The van der Waals surface area contributed by atoms with E-state index in [9.17, 15) is 4.79 Å². The van der Waals surface area contributed by atoms with Crippen molar-refractivity contribution in [3.63, 3.8) is 0 Å². The summed E-state index contributed by atoms with van der Waals surface area (Å²) in [4.78, 5) is 26.9. The van der Waals surface area contributed by atoms with Crippen LogP contribution in [0.2, 0.25) is 0 Å². The quantitative estimate of drug-likeness (QED) is 0.586. The summed E-state index contributed by atoms with van der Waals surface area (Å²) in [6.07, 6.45) is 2.99. The number of rotatable bonds is 2. The van der Waals surface area contributed by atoms with Gasteiger partial charge >= 0.3 is 5.91 Å². The molecule has 0 aromatic rings. The van der Waals surface area contributed by atoms with Gasteiger partial charge in [0.05, 0.1) is 0 Å². The van der Waals surface area contributed by atoms with Gasteiger partial charge in [0.1, 0.15) is 12.2 Å². The number of hydrogen-bond donors (Lipinski definition) is 0. The van der Waals surface area contributed by atoms with E-state index in [0.717, 1.165) is 0 Å². The fourth-order valence-electron chi connectivity index (χ4n) is 1.09. The molecule has 0 unspecified atom stereocenters. The molecule has 0 saturated carbocycles. The summed E-state index contributed by atoms with van der Waals surface area (Å²) in [5.74, 6) is 0.367. The van der Waals surface area contributed by atoms with Crippen LogP contribution < -0.4 is 0 Å². The minimum atomic E-state index is -0.379. The number of hydrogen-bond acceptors (Lipinski definition) is 4. The maximum Gasteiger partial charge on any atom is 0.301 e. The van der Waals surface area contributed by atoms with Gasteiger partial charge in [-0.3, -0.25) is 4.79 Å². The van der Waals surface area contributed by atoms with Crippen LogP contribution in [0.4, 0.5) is 0 Å². The molecule has 2 aliphatic rings. The van der Waals surface area contributed by atoms with E-state index < -0.39 is 0 Å². The highest BCUT2D eigenvalue weighted by Crippen LogP contribution is 2.10. The smallest absolute Gasteiger partial charge is 0.265 e. The number of carbonyl (C=O) groups excluding carboxylic acids is 1. The molecular formula is C9H8N4O. The number of amides is 1. The predicted molar refractivity (Wildman–Crippen MR) is 55.2 cm³/mol. The van der Waals surface area contributed by atoms with Gasteiger partial charge in [0, 0.05) is 5.92 Å². The Kier molecular flexibility index (Phi) is 1.92. The van der Waals surface area contributed by atoms with Gasteiger partial charge in [0.2, 0.25) is 0 Å². The average Bonchev–Trinajstić information content (AvgIpc) is 2.64. The highest BCUT2D eigenvalue weighted by Gasteiger charge is 2.26. The van der Waals surface area contributed by atoms with Crippen LogP contribution in [0.3, 0.4) is 0 Å². The summed E-state index contributed by atoms with van der Waals surface area (Å²) in [7, 11) is 0. The Morgan fingerprint density at radius 3 is 3.00 bits per heavy atom. The third kappa shape index (κ3) is 1.22. The fourth-order valence-corrected chi connectivity index (χ4v) is 1.09. The molecule has 0 aliphatic carbocycles. The van der Waals surface area contributed by atoms with Gasteiger partial charge in [0.25, 0.3) is 0 Å². The van der Waals surface area contributed by atoms with Crippen LogP contribution in [0.1, 0.15) is 6.92 Å². The highest BCUT2D eigenvalue weighted by molar-refractivity contribution is 6.71. The number of amidine groups is 2. The molecule has 0 aromatic carbocycles. The van der Waals surface area contributed by atoms with Gasteiger partial charge in [-0.05, 0) is 0 Å². The second-order valence-corrected chi connectivity index (χ2v) is 2.96. The van der Waals surface area contributed by atoms with Gasteiger partial charge in [-0.25, -0.2) is 15.0 Å². The molecule has 0 radical (unpaired) electrons. The summed E-state index contributed by atoms with van der Waals surface area (Å²) in [5, 5.41) is 0. The lowest BCUT2D eigenvalue weighted by atomic mass is 10.1. The third-order valence-electron chi connectivity index (χ3n) is 1.98. The lowest BCUT2D eigenvalue weighted by molar-refractivity contribution is -0.111. The first-order valence-corrected chi connectivity index (χ1v) is 4.17. The van der Waals surface area contributed by atoms with E-state index in [-0.39, 0.29) is 17.5 Å². The summed E-state index contributed by atoms with van der Waals surface area (Å²) in [5.41, 5.74) is 0.227. The maximum absolute atomic E-state index is 11.4. The molecule has 1 amide bonds. The first kappa shape index (κ1) is 8.68. The number of carbonyl (C=O) groups is 1. The van der Waals surface area contributed by atoms with E-state index in [4.69, 9.17) is 0 Å². The van der Waals surface area contributed by atoms with Crippen LogP contribution in [-0.2, 0) is 4.79 Å². The molecule has 0 N–H and O–H groups in total. The van der Waals surface area contributed by atoms with Gasteiger partial charge in [0.15, 0.2) is 11.5 Å². The first-order valence-electron chi connectivity index (χ1n) is 4.17. The van der Waals surface area contributed by atoms with Crippen molar-refractivity contribution in [3.05, 3.63) is 12.7 Å². The molecule has 0 aromatic heterocycles. The van der Waals surface area contributed by atoms with Crippen molar-refractivity contribution in [1.29, 1.82) is 0 Å². The normalized spacial score (nSPS) is 20.9. The second kappa shape index (κ2) is 3.10. The largest absolute Gasteiger partial charge is 0.301 e. The number of aliphatic imine (C=N–C) groups is 4. The van der Waals surface area contributed by atoms with Crippen LogP contribution in [0.25, 0.3) is 0 Å². The zero-order chi connectivity index (χ0) is 10.1.